The Balaban J connectivity index is 2.52. The van der Waals surface area contributed by atoms with Gasteiger partial charge in [0.25, 0.3) is 0 Å². The summed E-state index contributed by atoms with van der Waals surface area (Å²) in [5, 5.41) is 8.06. The van der Waals surface area contributed by atoms with Crippen molar-refractivity contribution in [1.29, 1.82) is 0 Å². The predicted octanol–water partition coefficient (Wildman–Crippen LogP) is -0.00890. The third-order valence-electron chi connectivity index (χ3n) is 2.26. The third kappa shape index (κ3) is 5.88. The normalized spacial score (nSPS) is 11.5. The second kappa shape index (κ2) is 7.29. The van der Waals surface area contributed by atoms with Crippen molar-refractivity contribution >= 4 is 21.4 Å². The summed E-state index contributed by atoms with van der Waals surface area (Å²) in [7, 11) is -2.16. The SMILES string of the molecule is COCCOCCNc1cc(N)cc(S(N)(=O)=O)c1. The molecule has 0 aromatic heterocycles. The second-order valence-corrected chi connectivity index (χ2v) is 5.43. The van der Waals surface area contributed by atoms with Crippen molar-refractivity contribution in [2.75, 3.05) is 44.5 Å². The number of rotatable bonds is 8. The lowest BCUT2D eigenvalue weighted by Gasteiger charge is -2.09. The molecule has 0 radical (unpaired) electrons. The molecule has 8 heteroatoms. The van der Waals surface area contributed by atoms with Gasteiger partial charge in [-0.05, 0) is 18.2 Å². The molecule has 1 aromatic carbocycles. The van der Waals surface area contributed by atoms with Gasteiger partial charge in [-0.3, -0.25) is 0 Å². The van der Waals surface area contributed by atoms with Gasteiger partial charge >= 0.3 is 0 Å². The molecule has 108 valence electrons. The molecule has 0 heterocycles. The van der Waals surface area contributed by atoms with E-state index in [0.29, 0.717) is 37.7 Å². The molecule has 0 atom stereocenters. The summed E-state index contributed by atoms with van der Waals surface area (Å²) in [6.07, 6.45) is 0. The molecule has 1 rings (SSSR count). The van der Waals surface area contributed by atoms with Crippen LogP contribution in [-0.2, 0) is 19.5 Å². The number of hydrogen-bond acceptors (Lipinski definition) is 6. The first kappa shape index (κ1) is 15.7. The average molecular weight is 289 g/mol. The zero-order valence-corrected chi connectivity index (χ0v) is 11.6. The number of methoxy groups -OCH3 is 1. The van der Waals surface area contributed by atoms with E-state index in [-0.39, 0.29) is 4.90 Å². The fraction of sp³-hybridized carbons (Fsp3) is 0.455. The van der Waals surface area contributed by atoms with Gasteiger partial charge in [0, 0.05) is 25.0 Å². The van der Waals surface area contributed by atoms with Gasteiger partial charge in [-0.2, -0.15) is 0 Å². The number of nitrogens with one attached hydrogen (secondary N) is 1. The third-order valence-corrected chi connectivity index (χ3v) is 3.16. The Morgan fingerprint density at radius 3 is 2.58 bits per heavy atom. The highest BCUT2D eigenvalue weighted by Crippen LogP contribution is 2.19. The highest BCUT2D eigenvalue weighted by atomic mass is 32.2. The lowest BCUT2D eigenvalue weighted by molar-refractivity contribution is 0.0759. The lowest BCUT2D eigenvalue weighted by Crippen LogP contribution is -2.15. The number of hydrogen-bond donors (Lipinski definition) is 3. The molecule has 0 saturated carbocycles. The van der Waals surface area contributed by atoms with Crippen LogP contribution in [0.25, 0.3) is 0 Å². The molecular formula is C11H19N3O4S. The van der Waals surface area contributed by atoms with E-state index < -0.39 is 10.0 Å². The van der Waals surface area contributed by atoms with Crippen molar-refractivity contribution in [2.45, 2.75) is 4.90 Å². The molecule has 0 bridgehead atoms. The highest BCUT2D eigenvalue weighted by molar-refractivity contribution is 7.89. The molecule has 0 unspecified atom stereocenters. The molecule has 0 aliphatic rings. The van der Waals surface area contributed by atoms with Gasteiger partial charge in [0.05, 0.1) is 24.7 Å². The van der Waals surface area contributed by atoms with E-state index in [1.165, 1.54) is 12.1 Å². The average Bonchev–Trinajstić information content (AvgIpc) is 2.32. The zero-order valence-electron chi connectivity index (χ0n) is 10.8. The maximum absolute atomic E-state index is 11.2. The van der Waals surface area contributed by atoms with E-state index >= 15 is 0 Å². The molecule has 0 fully saturated rings. The highest BCUT2D eigenvalue weighted by Gasteiger charge is 2.09. The number of primary sulfonamides is 1. The summed E-state index contributed by atoms with van der Waals surface area (Å²) in [4.78, 5) is -0.0182. The topological polar surface area (TPSA) is 117 Å². The Labute approximate surface area is 112 Å². The van der Waals surface area contributed by atoms with Crippen molar-refractivity contribution in [3.8, 4) is 0 Å². The Kier molecular flexibility index (Phi) is 6.03. The number of ether oxygens (including phenoxy) is 2. The van der Waals surface area contributed by atoms with Crippen LogP contribution in [0, 0.1) is 0 Å². The summed E-state index contributed by atoms with van der Waals surface area (Å²) < 4.78 is 32.6. The molecule has 0 saturated heterocycles. The Morgan fingerprint density at radius 1 is 1.21 bits per heavy atom. The smallest absolute Gasteiger partial charge is 0.238 e. The fourth-order valence-corrected chi connectivity index (χ4v) is 1.99. The second-order valence-electron chi connectivity index (χ2n) is 3.87. The Morgan fingerprint density at radius 2 is 1.95 bits per heavy atom. The summed E-state index contributed by atoms with van der Waals surface area (Å²) in [6, 6.07) is 4.38. The largest absolute Gasteiger partial charge is 0.399 e. The molecule has 1 aromatic rings. The van der Waals surface area contributed by atoms with Crippen molar-refractivity contribution in [1.82, 2.24) is 0 Å². The van der Waals surface area contributed by atoms with Crippen LogP contribution in [0.5, 0.6) is 0 Å². The van der Waals surface area contributed by atoms with Crippen molar-refractivity contribution < 1.29 is 17.9 Å². The minimum Gasteiger partial charge on any atom is -0.399 e. The van der Waals surface area contributed by atoms with Gasteiger partial charge in [-0.15, -0.1) is 0 Å². The van der Waals surface area contributed by atoms with E-state index in [0.717, 1.165) is 0 Å². The van der Waals surface area contributed by atoms with Gasteiger partial charge in [0.1, 0.15) is 0 Å². The predicted molar refractivity (Wildman–Crippen MR) is 73.4 cm³/mol. The van der Waals surface area contributed by atoms with Crippen LogP contribution in [-0.4, -0.2) is 41.9 Å². The van der Waals surface area contributed by atoms with E-state index in [4.69, 9.17) is 20.3 Å². The minimum atomic E-state index is -3.76. The minimum absolute atomic E-state index is 0.0182. The van der Waals surface area contributed by atoms with Crippen LogP contribution < -0.4 is 16.2 Å². The molecule has 0 aliphatic heterocycles. The lowest BCUT2D eigenvalue weighted by atomic mass is 10.3. The van der Waals surface area contributed by atoms with Crippen LogP contribution >= 0.6 is 0 Å². The standard InChI is InChI=1S/C11H19N3O4S/c1-17-4-5-18-3-2-14-10-6-9(12)7-11(8-10)19(13,15)16/h6-8,14H,2-5,12H2,1H3,(H2,13,15,16). The maximum Gasteiger partial charge on any atom is 0.238 e. The van der Waals surface area contributed by atoms with Crippen LogP contribution in [0.3, 0.4) is 0 Å². The summed E-state index contributed by atoms with van der Waals surface area (Å²) in [6.45, 7) is 2.05. The first-order valence-corrected chi connectivity index (χ1v) is 7.22. The van der Waals surface area contributed by atoms with E-state index in [1.807, 2.05) is 0 Å². The molecule has 19 heavy (non-hydrogen) atoms. The van der Waals surface area contributed by atoms with Gasteiger partial charge in [0.15, 0.2) is 0 Å². The summed E-state index contributed by atoms with van der Waals surface area (Å²) >= 11 is 0. The van der Waals surface area contributed by atoms with Crippen LogP contribution in [0.2, 0.25) is 0 Å². The summed E-state index contributed by atoms with van der Waals surface area (Å²) in [5.74, 6) is 0. The van der Waals surface area contributed by atoms with Gasteiger partial charge in [-0.1, -0.05) is 0 Å². The molecule has 0 spiro atoms. The van der Waals surface area contributed by atoms with Gasteiger partial charge < -0.3 is 20.5 Å². The van der Waals surface area contributed by atoms with Gasteiger partial charge in [-0.25, -0.2) is 13.6 Å². The molecule has 5 N–H and O–H groups in total. The monoisotopic (exact) mass is 289 g/mol. The quantitative estimate of drug-likeness (QED) is 0.458. The van der Waals surface area contributed by atoms with Crippen LogP contribution in [0.4, 0.5) is 11.4 Å². The number of benzene rings is 1. The number of sulfonamides is 1. The van der Waals surface area contributed by atoms with E-state index in [1.54, 1.807) is 13.2 Å². The molecular weight excluding hydrogens is 270 g/mol. The van der Waals surface area contributed by atoms with Crippen molar-refractivity contribution in [3.63, 3.8) is 0 Å². The number of anilines is 2. The first-order chi connectivity index (χ1) is 8.93. The zero-order chi connectivity index (χ0) is 14.3. The van der Waals surface area contributed by atoms with E-state index in [2.05, 4.69) is 5.32 Å². The molecule has 7 nitrogen and oxygen atoms in total. The van der Waals surface area contributed by atoms with Gasteiger partial charge in [0.2, 0.25) is 10.0 Å². The van der Waals surface area contributed by atoms with Crippen LogP contribution in [0.15, 0.2) is 23.1 Å². The Bertz CT molecular complexity index is 505. The number of nitrogen functional groups attached to an aromatic ring is 1. The summed E-state index contributed by atoms with van der Waals surface area (Å²) in [5.41, 5.74) is 6.53. The van der Waals surface area contributed by atoms with Crippen LogP contribution in [0.1, 0.15) is 0 Å². The van der Waals surface area contributed by atoms with Crippen molar-refractivity contribution in [2.24, 2.45) is 5.14 Å². The van der Waals surface area contributed by atoms with Crippen molar-refractivity contribution in [3.05, 3.63) is 18.2 Å². The maximum atomic E-state index is 11.2. The molecule has 0 aliphatic carbocycles. The molecule has 0 amide bonds. The number of nitrogens with two attached hydrogens (primary N) is 2. The fourth-order valence-electron chi connectivity index (χ4n) is 1.40. The van der Waals surface area contributed by atoms with E-state index in [9.17, 15) is 8.42 Å². The Hall–Kier alpha value is -1.35. The first-order valence-electron chi connectivity index (χ1n) is 5.67.